The number of rotatable bonds is 3. The predicted molar refractivity (Wildman–Crippen MR) is 59.2 cm³/mol. The molecule has 0 saturated heterocycles. The Labute approximate surface area is 92.7 Å². The van der Waals surface area contributed by atoms with Gasteiger partial charge in [-0.3, -0.25) is 9.59 Å². The Morgan fingerprint density at radius 2 is 2.20 bits per heavy atom. The van der Waals surface area contributed by atoms with E-state index in [-0.39, 0.29) is 16.6 Å². The van der Waals surface area contributed by atoms with E-state index in [0.717, 1.165) is 0 Å². The Bertz CT molecular complexity index is 412. The normalized spacial score (nSPS) is 10.4. The third-order valence-corrected chi connectivity index (χ3v) is 2.07. The molecule has 1 heterocycles. The van der Waals surface area contributed by atoms with Crippen LogP contribution in [0.2, 0.25) is 5.02 Å². The Kier molecular flexibility index (Phi) is 3.91. The third kappa shape index (κ3) is 3.40. The second-order valence-corrected chi connectivity index (χ2v) is 4.06. The molecule has 0 atom stereocenters. The minimum Gasteiger partial charge on any atom is -0.351 e. The van der Waals surface area contributed by atoms with Gasteiger partial charge in [0.1, 0.15) is 10.7 Å². The molecule has 1 amide bonds. The highest BCUT2D eigenvalue weighted by Crippen LogP contribution is 2.00. The smallest absolute Gasteiger partial charge is 0.267 e. The van der Waals surface area contributed by atoms with Gasteiger partial charge in [0, 0.05) is 6.54 Å². The monoisotopic (exact) mass is 228 g/mol. The van der Waals surface area contributed by atoms with Crippen LogP contribution in [0.5, 0.6) is 0 Å². The van der Waals surface area contributed by atoms with Crippen LogP contribution in [0.25, 0.3) is 0 Å². The summed E-state index contributed by atoms with van der Waals surface area (Å²) in [5.74, 6) is 0.0745. The number of aromatic amines is 1. The van der Waals surface area contributed by atoms with Gasteiger partial charge in [-0.25, -0.2) is 0 Å². The van der Waals surface area contributed by atoms with Crippen molar-refractivity contribution in [1.82, 2.24) is 10.3 Å². The lowest BCUT2D eigenvalue weighted by molar-refractivity contribution is 0.0944. The molecule has 0 spiro atoms. The Hall–Kier alpha value is -1.29. The zero-order chi connectivity index (χ0) is 11.4. The van der Waals surface area contributed by atoms with Crippen LogP contribution in [-0.2, 0) is 0 Å². The van der Waals surface area contributed by atoms with Crippen molar-refractivity contribution < 1.29 is 4.79 Å². The highest BCUT2D eigenvalue weighted by molar-refractivity contribution is 6.30. The van der Waals surface area contributed by atoms with Crippen molar-refractivity contribution in [1.29, 1.82) is 0 Å². The summed E-state index contributed by atoms with van der Waals surface area (Å²) in [7, 11) is 0. The molecule has 1 aromatic heterocycles. The highest BCUT2D eigenvalue weighted by atomic mass is 35.5. The van der Waals surface area contributed by atoms with Gasteiger partial charge in [-0.15, -0.1) is 0 Å². The first kappa shape index (κ1) is 11.8. The SMILES string of the molecule is CC(C)CNC(=O)c1ccc(Cl)c(=O)[nH]1. The first-order valence-electron chi connectivity index (χ1n) is 4.67. The first-order chi connectivity index (χ1) is 7.00. The maximum absolute atomic E-state index is 11.5. The van der Waals surface area contributed by atoms with E-state index in [1.807, 2.05) is 13.8 Å². The van der Waals surface area contributed by atoms with Gasteiger partial charge in [-0.2, -0.15) is 0 Å². The Morgan fingerprint density at radius 3 is 2.73 bits per heavy atom. The summed E-state index contributed by atoms with van der Waals surface area (Å²) in [6.07, 6.45) is 0. The van der Waals surface area contributed by atoms with Crippen molar-refractivity contribution in [3.05, 3.63) is 33.2 Å². The fraction of sp³-hybridized carbons (Fsp3) is 0.400. The van der Waals surface area contributed by atoms with Crippen LogP contribution in [0.4, 0.5) is 0 Å². The number of hydrogen-bond acceptors (Lipinski definition) is 2. The molecule has 1 rings (SSSR count). The van der Waals surface area contributed by atoms with Crippen LogP contribution >= 0.6 is 11.6 Å². The summed E-state index contributed by atoms with van der Waals surface area (Å²) in [5.41, 5.74) is -0.223. The second kappa shape index (κ2) is 4.98. The number of H-pyrrole nitrogens is 1. The average Bonchev–Trinajstić information content (AvgIpc) is 2.18. The maximum atomic E-state index is 11.5. The number of amides is 1. The molecule has 0 aromatic carbocycles. The molecule has 2 N–H and O–H groups in total. The molecular formula is C10H13ClN2O2. The molecule has 1 aromatic rings. The van der Waals surface area contributed by atoms with E-state index >= 15 is 0 Å². The molecule has 0 saturated carbocycles. The molecular weight excluding hydrogens is 216 g/mol. The maximum Gasteiger partial charge on any atom is 0.267 e. The van der Waals surface area contributed by atoms with Crippen molar-refractivity contribution >= 4 is 17.5 Å². The Balaban J connectivity index is 2.75. The van der Waals surface area contributed by atoms with Crippen LogP contribution in [-0.4, -0.2) is 17.4 Å². The van der Waals surface area contributed by atoms with Gasteiger partial charge in [0.15, 0.2) is 0 Å². The largest absolute Gasteiger partial charge is 0.351 e. The fourth-order valence-electron chi connectivity index (χ4n) is 0.980. The van der Waals surface area contributed by atoms with Crippen LogP contribution in [0, 0.1) is 5.92 Å². The van der Waals surface area contributed by atoms with Gasteiger partial charge in [-0.05, 0) is 18.1 Å². The summed E-state index contributed by atoms with van der Waals surface area (Å²) in [4.78, 5) is 25.0. The quantitative estimate of drug-likeness (QED) is 0.822. The van der Waals surface area contributed by atoms with Gasteiger partial charge >= 0.3 is 0 Å². The van der Waals surface area contributed by atoms with Gasteiger partial charge in [0.25, 0.3) is 11.5 Å². The van der Waals surface area contributed by atoms with Crippen molar-refractivity contribution in [2.75, 3.05) is 6.54 Å². The molecule has 5 heteroatoms. The standard InChI is InChI=1S/C10H13ClN2O2/c1-6(2)5-12-10(15)8-4-3-7(11)9(14)13-8/h3-4,6H,5H2,1-2H3,(H,12,15)(H,13,14). The first-order valence-corrected chi connectivity index (χ1v) is 5.05. The van der Waals surface area contributed by atoms with Crippen LogP contribution in [0.15, 0.2) is 16.9 Å². The zero-order valence-corrected chi connectivity index (χ0v) is 9.39. The van der Waals surface area contributed by atoms with Gasteiger partial charge < -0.3 is 10.3 Å². The summed E-state index contributed by atoms with van der Waals surface area (Å²) in [6, 6.07) is 2.89. The number of pyridine rings is 1. The van der Waals surface area contributed by atoms with E-state index in [1.54, 1.807) is 0 Å². The highest BCUT2D eigenvalue weighted by Gasteiger charge is 2.07. The van der Waals surface area contributed by atoms with Gasteiger partial charge in [0.05, 0.1) is 0 Å². The minimum absolute atomic E-state index is 0.0791. The Morgan fingerprint density at radius 1 is 1.53 bits per heavy atom. The van der Waals surface area contributed by atoms with E-state index < -0.39 is 5.56 Å². The number of halogens is 1. The third-order valence-electron chi connectivity index (χ3n) is 1.78. The van der Waals surface area contributed by atoms with Crippen molar-refractivity contribution in [3.8, 4) is 0 Å². The van der Waals surface area contributed by atoms with E-state index in [9.17, 15) is 9.59 Å². The fourth-order valence-corrected chi connectivity index (χ4v) is 1.09. The number of nitrogens with one attached hydrogen (secondary N) is 2. The minimum atomic E-state index is -0.450. The van der Waals surface area contributed by atoms with Gasteiger partial charge in [0.2, 0.25) is 0 Å². The molecule has 4 nitrogen and oxygen atoms in total. The number of hydrogen-bond donors (Lipinski definition) is 2. The average molecular weight is 229 g/mol. The summed E-state index contributed by atoms with van der Waals surface area (Å²) in [6.45, 7) is 4.55. The summed E-state index contributed by atoms with van der Waals surface area (Å²) >= 11 is 5.54. The number of aromatic nitrogens is 1. The summed E-state index contributed by atoms with van der Waals surface area (Å²) in [5, 5.41) is 2.77. The van der Waals surface area contributed by atoms with E-state index in [4.69, 9.17) is 11.6 Å². The van der Waals surface area contributed by atoms with Gasteiger partial charge in [-0.1, -0.05) is 25.4 Å². The lowest BCUT2D eigenvalue weighted by atomic mass is 10.2. The lowest BCUT2D eigenvalue weighted by Gasteiger charge is -2.07. The topological polar surface area (TPSA) is 62.0 Å². The zero-order valence-electron chi connectivity index (χ0n) is 8.63. The van der Waals surface area contributed by atoms with Crippen molar-refractivity contribution in [2.24, 2.45) is 5.92 Å². The second-order valence-electron chi connectivity index (χ2n) is 3.65. The molecule has 0 aliphatic heterocycles. The van der Waals surface area contributed by atoms with E-state index in [0.29, 0.717) is 12.5 Å². The molecule has 0 aliphatic carbocycles. The number of carbonyl (C=O) groups excluding carboxylic acids is 1. The molecule has 0 unspecified atom stereocenters. The molecule has 0 aliphatic rings. The van der Waals surface area contributed by atoms with Crippen LogP contribution < -0.4 is 10.9 Å². The lowest BCUT2D eigenvalue weighted by Crippen LogP contribution is -2.29. The van der Waals surface area contributed by atoms with Crippen LogP contribution in [0.1, 0.15) is 24.3 Å². The van der Waals surface area contributed by atoms with E-state index in [2.05, 4.69) is 10.3 Å². The molecule has 0 bridgehead atoms. The van der Waals surface area contributed by atoms with Crippen LogP contribution in [0.3, 0.4) is 0 Å². The number of carbonyl (C=O) groups is 1. The van der Waals surface area contributed by atoms with Crippen molar-refractivity contribution in [3.63, 3.8) is 0 Å². The molecule has 0 fully saturated rings. The predicted octanol–water partition coefficient (Wildman–Crippen LogP) is 1.41. The summed E-state index contributed by atoms with van der Waals surface area (Å²) < 4.78 is 0. The molecule has 0 radical (unpaired) electrons. The molecule has 15 heavy (non-hydrogen) atoms. The molecule has 82 valence electrons. The van der Waals surface area contributed by atoms with E-state index in [1.165, 1.54) is 12.1 Å². The van der Waals surface area contributed by atoms with Crippen molar-refractivity contribution in [2.45, 2.75) is 13.8 Å².